The third kappa shape index (κ3) is 5.30. The second kappa shape index (κ2) is 5.62. The lowest BCUT2D eigenvalue weighted by molar-refractivity contribution is -0.137. The number of carboxylic acid groups (broad SMARTS) is 1. The number of hydrogen-bond donors (Lipinski definition) is 2. The molecule has 0 radical (unpaired) electrons. The van der Waals surface area contributed by atoms with Gasteiger partial charge in [-0.15, -0.1) is 0 Å². The zero-order chi connectivity index (χ0) is 12.9. The number of anilines is 1. The zero-order valence-electron chi connectivity index (χ0n) is 8.89. The molecule has 0 spiro atoms. The molecule has 0 unspecified atom stereocenters. The predicted octanol–water partition coefficient (Wildman–Crippen LogP) is 1.43. The summed E-state index contributed by atoms with van der Waals surface area (Å²) >= 11 is 0. The van der Waals surface area contributed by atoms with Crippen molar-refractivity contribution < 1.29 is 22.7 Å². The van der Waals surface area contributed by atoms with Crippen LogP contribution >= 0.6 is 0 Å². The van der Waals surface area contributed by atoms with Crippen LogP contribution in [0.15, 0.2) is 24.3 Å². The van der Waals surface area contributed by atoms with Crippen LogP contribution in [0.2, 0.25) is 0 Å². The van der Waals surface area contributed by atoms with Crippen molar-refractivity contribution in [2.45, 2.75) is 12.8 Å². The van der Waals surface area contributed by atoms with Gasteiger partial charge in [-0.1, -0.05) is 0 Å². The fourth-order valence-corrected chi connectivity index (χ4v) is 2.28. The SMILES string of the molecule is O=C(O)CCCS(=O)(=O)Nc1ccc(F)cc1. The lowest BCUT2D eigenvalue weighted by Gasteiger charge is -2.06. The van der Waals surface area contributed by atoms with E-state index in [1.807, 2.05) is 0 Å². The Labute approximate surface area is 98.3 Å². The first-order valence-electron chi connectivity index (χ1n) is 4.87. The Kier molecular flexibility index (Phi) is 4.45. The molecule has 0 aliphatic rings. The van der Waals surface area contributed by atoms with Crippen molar-refractivity contribution in [3.8, 4) is 0 Å². The first-order valence-corrected chi connectivity index (χ1v) is 6.52. The molecule has 0 amide bonds. The van der Waals surface area contributed by atoms with Gasteiger partial charge in [0.05, 0.1) is 5.75 Å². The molecule has 0 saturated heterocycles. The number of rotatable bonds is 6. The molecule has 0 aromatic heterocycles. The number of nitrogens with one attached hydrogen (secondary N) is 1. The van der Waals surface area contributed by atoms with Crippen molar-refractivity contribution in [1.29, 1.82) is 0 Å². The van der Waals surface area contributed by atoms with Crippen LogP contribution in [0, 0.1) is 5.82 Å². The monoisotopic (exact) mass is 261 g/mol. The van der Waals surface area contributed by atoms with E-state index in [1.165, 1.54) is 12.1 Å². The Morgan fingerprint density at radius 1 is 1.29 bits per heavy atom. The Balaban J connectivity index is 2.54. The molecule has 1 rings (SSSR count). The topological polar surface area (TPSA) is 83.5 Å². The summed E-state index contributed by atoms with van der Waals surface area (Å²) in [5, 5.41) is 8.37. The van der Waals surface area contributed by atoms with Crippen molar-refractivity contribution in [1.82, 2.24) is 0 Å². The molecule has 0 aliphatic carbocycles. The molecular weight excluding hydrogens is 249 g/mol. The maximum Gasteiger partial charge on any atom is 0.303 e. The molecule has 0 atom stereocenters. The average Bonchev–Trinajstić information content (AvgIpc) is 2.20. The number of sulfonamides is 1. The first kappa shape index (κ1) is 13.4. The molecule has 5 nitrogen and oxygen atoms in total. The smallest absolute Gasteiger partial charge is 0.303 e. The summed E-state index contributed by atoms with van der Waals surface area (Å²) in [5.74, 6) is -1.78. The summed E-state index contributed by atoms with van der Waals surface area (Å²) in [6.45, 7) is 0. The molecule has 94 valence electrons. The quantitative estimate of drug-likeness (QED) is 0.811. The minimum Gasteiger partial charge on any atom is -0.481 e. The van der Waals surface area contributed by atoms with Gasteiger partial charge >= 0.3 is 5.97 Å². The van der Waals surface area contributed by atoms with Crippen molar-refractivity contribution in [2.24, 2.45) is 0 Å². The Morgan fingerprint density at radius 2 is 1.88 bits per heavy atom. The normalized spacial score (nSPS) is 11.1. The highest BCUT2D eigenvalue weighted by Crippen LogP contribution is 2.11. The van der Waals surface area contributed by atoms with E-state index in [1.54, 1.807) is 0 Å². The van der Waals surface area contributed by atoms with Gasteiger partial charge in [0, 0.05) is 12.1 Å². The van der Waals surface area contributed by atoms with Gasteiger partial charge in [0.25, 0.3) is 0 Å². The van der Waals surface area contributed by atoms with Crippen molar-refractivity contribution in [3.05, 3.63) is 30.1 Å². The number of aliphatic carboxylic acids is 1. The van der Waals surface area contributed by atoms with E-state index in [9.17, 15) is 17.6 Å². The van der Waals surface area contributed by atoms with Gasteiger partial charge in [-0.2, -0.15) is 0 Å². The van der Waals surface area contributed by atoms with Crippen LogP contribution in [0.4, 0.5) is 10.1 Å². The largest absolute Gasteiger partial charge is 0.481 e. The fraction of sp³-hybridized carbons (Fsp3) is 0.300. The second-order valence-corrected chi connectivity index (χ2v) is 5.27. The van der Waals surface area contributed by atoms with Crippen molar-refractivity contribution in [3.63, 3.8) is 0 Å². The Bertz CT molecular complexity index is 484. The third-order valence-electron chi connectivity index (χ3n) is 1.92. The van der Waals surface area contributed by atoms with Crippen LogP contribution in [0.25, 0.3) is 0 Å². The van der Waals surface area contributed by atoms with Crippen LogP contribution in [-0.4, -0.2) is 25.2 Å². The van der Waals surface area contributed by atoms with Gasteiger partial charge in [-0.3, -0.25) is 9.52 Å². The predicted molar refractivity (Wildman–Crippen MR) is 60.7 cm³/mol. The number of benzene rings is 1. The molecule has 17 heavy (non-hydrogen) atoms. The summed E-state index contributed by atoms with van der Waals surface area (Å²) < 4.78 is 37.7. The highest BCUT2D eigenvalue weighted by Gasteiger charge is 2.11. The van der Waals surface area contributed by atoms with E-state index in [-0.39, 0.29) is 24.3 Å². The van der Waals surface area contributed by atoms with Gasteiger partial charge in [-0.05, 0) is 30.7 Å². The van der Waals surface area contributed by atoms with Crippen molar-refractivity contribution >= 4 is 21.7 Å². The molecule has 0 aliphatic heterocycles. The minimum atomic E-state index is -3.58. The highest BCUT2D eigenvalue weighted by atomic mass is 32.2. The number of carboxylic acids is 1. The molecule has 0 fully saturated rings. The van der Waals surface area contributed by atoms with E-state index in [0.717, 1.165) is 12.1 Å². The van der Waals surface area contributed by atoms with E-state index in [4.69, 9.17) is 5.11 Å². The Morgan fingerprint density at radius 3 is 2.41 bits per heavy atom. The van der Waals surface area contributed by atoms with E-state index in [2.05, 4.69) is 4.72 Å². The standard InChI is InChI=1S/C10H12FNO4S/c11-8-3-5-9(6-4-8)12-17(15,16)7-1-2-10(13)14/h3-6,12H,1-2,7H2,(H,13,14). The van der Waals surface area contributed by atoms with Gasteiger partial charge < -0.3 is 5.11 Å². The van der Waals surface area contributed by atoms with Gasteiger partial charge in [0.15, 0.2) is 0 Å². The molecule has 7 heteroatoms. The molecule has 2 N–H and O–H groups in total. The van der Waals surface area contributed by atoms with Crippen LogP contribution in [0.3, 0.4) is 0 Å². The molecule has 1 aromatic carbocycles. The van der Waals surface area contributed by atoms with Crippen LogP contribution < -0.4 is 4.72 Å². The van der Waals surface area contributed by atoms with Crippen LogP contribution in [-0.2, 0) is 14.8 Å². The summed E-state index contributed by atoms with van der Waals surface area (Å²) in [4.78, 5) is 10.2. The summed E-state index contributed by atoms with van der Waals surface area (Å²) in [7, 11) is -3.58. The maximum atomic E-state index is 12.6. The maximum absolute atomic E-state index is 12.6. The van der Waals surface area contributed by atoms with Crippen molar-refractivity contribution in [2.75, 3.05) is 10.5 Å². The number of halogens is 1. The van der Waals surface area contributed by atoms with Gasteiger partial charge in [0.1, 0.15) is 5.82 Å². The summed E-state index contributed by atoms with van der Waals surface area (Å²) in [6, 6.07) is 4.86. The second-order valence-electron chi connectivity index (χ2n) is 3.43. The average molecular weight is 261 g/mol. The fourth-order valence-electron chi connectivity index (χ4n) is 1.16. The molecule has 0 saturated carbocycles. The van der Waals surface area contributed by atoms with Gasteiger partial charge in [-0.25, -0.2) is 12.8 Å². The van der Waals surface area contributed by atoms with E-state index >= 15 is 0 Å². The lowest BCUT2D eigenvalue weighted by Crippen LogP contribution is -2.17. The van der Waals surface area contributed by atoms with Crippen LogP contribution in [0.5, 0.6) is 0 Å². The molecule has 0 bridgehead atoms. The zero-order valence-corrected chi connectivity index (χ0v) is 9.71. The molecular formula is C10H12FNO4S. The number of carbonyl (C=O) groups is 1. The van der Waals surface area contributed by atoms with Gasteiger partial charge in [0.2, 0.25) is 10.0 Å². The molecule has 0 heterocycles. The third-order valence-corrected chi connectivity index (χ3v) is 3.29. The highest BCUT2D eigenvalue weighted by molar-refractivity contribution is 7.92. The summed E-state index contributed by atoms with van der Waals surface area (Å²) in [6.07, 6.45) is -0.170. The molecule has 1 aromatic rings. The Hall–Kier alpha value is -1.63. The lowest BCUT2D eigenvalue weighted by atomic mass is 10.3. The summed E-state index contributed by atoms with van der Waals surface area (Å²) in [5.41, 5.74) is 0.252. The van der Waals surface area contributed by atoms with Crippen LogP contribution in [0.1, 0.15) is 12.8 Å². The number of hydrogen-bond acceptors (Lipinski definition) is 3. The van der Waals surface area contributed by atoms with E-state index < -0.39 is 21.8 Å². The van der Waals surface area contributed by atoms with E-state index in [0.29, 0.717) is 0 Å². The minimum absolute atomic E-state index is 0.0336. The first-order chi connectivity index (χ1) is 7.89.